The lowest BCUT2D eigenvalue weighted by molar-refractivity contribution is 0.784. The number of nitrogens with zero attached hydrogens (tertiary/aromatic N) is 1. The van der Waals surface area contributed by atoms with E-state index < -0.39 is 0 Å². The van der Waals surface area contributed by atoms with Gasteiger partial charge in [-0.05, 0) is 29.7 Å². The standard InChI is InChI=1S/C19H18N2/c1-14(20)19-18(16-10-6-3-7-11-16)17(12-13-21-19)15-8-4-2-5-9-15/h2-14H,20H2,1H3. The Morgan fingerprint density at radius 1 is 0.810 bits per heavy atom. The van der Waals surface area contributed by atoms with Gasteiger partial charge in [0.2, 0.25) is 0 Å². The Hall–Kier alpha value is -2.45. The van der Waals surface area contributed by atoms with E-state index in [1.165, 1.54) is 11.1 Å². The zero-order valence-electron chi connectivity index (χ0n) is 12.0. The molecule has 0 saturated carbocycles. The highest BCUT2D eigenvalue weighted by molar-refractivity contribution is 5.85. The molecule has 0 spiro atoms. The minimum absolute atomic E-state index is 0.108. The molecule has 21 heavy (non-hydrogen) atoms. The number of hydrogen-bond acceptors (Lipinski definition) is 2. The van der Waals surface area contributed by atoms with Crippen molar-refractivity contribution in [1.82, 2.24) is 4.98 Å². The number of rotatable bonds is 3. The van der Waals surface area contributed by atoms with Gasteiger partial charge in [0.25, 0.3) is 0 Å². The van der Waals surface area contributed by atoms with Crippen LogP contribution in [0.15, 0.2) is 72.9 Å². The number of hydrogen-bond donors (Lipinski definition) is 1. The smallest absolute Gasteiger partial charge is 0.0652 e. The lowest BCUT2D eigenvalue weighted by Gasteiger charge is -2.16. The van der Waals surface area contributed by atoms with Crippen LogP contribution in [0.25, 0.3) is 22.3 Å². The third-order valence-corrected chi connectivity index (χ3v) is 3.56. The van der Waals surface area contributed by atoms with Crippen molar-refractivity contribution in [2.75, 3.05) is 0 Å². The van der Waals surface area contributed by atoms with E-state index in [9.17, 15) is 0 Å². The molecule has 1 heterocycles. The van der Waals surface area contributed by atoms with E-state index in [0.29, 0.717) is 0 Å². The molecular weight excluding hydrogens is 256 g/mol. The predicted octanol–water partition coefficient (Wildman–Crippen LogP) is 4.44. The molecule has 0 aliphatic carbocycles. The summed E-state index contributed by atoms with van der Waals surface area (Å²) >= 11 is 0. The maximum atomic E-state index is 6.14. The average Bonchev–Trinajstić information content (AvgIpc) is 2.55. The molecule has 1 atom stereocenters. The highest BCUT2D eigenvalue weighted by Gasteiger charge is 2.15. The van der Waals surface area contributed by atoms with Crippen LogP contribution in [0.4, 0.5) is 0 Å². The minimum atomic E-state index is -0.108. The second-order valence-electron chi connectivity index (χ2n) is 5.14. The molecule has 1 unspecified atom stereocenters. The summed E-state index contributed by atoms with van der Waals surface area (Å²) < 4.78 is 0. The molecule has 0 aliphatic rings. The Kier molecular flexibility index (Phi) is 3.80. The van der Waals surface area contributed by atoms with Gasteiger partial charge in [0, 0.05) is 17.8 Å². The van der Waals surface area contributed by atoms with Crippen molar-refractivity contribution < 1.29 is 0 Å². The number of pyridine rings is 1. The van der Waals surface area contributed by atoms with E-state index in [1.807, 2.05) is 37.4 Å². The second-order valence-corrected chi connectivity index (χ2v) is 5.14. The highest BCUT2D eigenvalue weighted by atomic mass is 14.8. The zero-order chi connectivity index (χ0) is 14.7. The Balaban J connectivity index is 2.28. The van der Waals surface area contributed by atoms with Gasteiger partial charge in [-0.25, -0.2) is 0 Å². The van der Waals surface area contributed by atoms with Crippen molar-refractivity contribution in [3.05, 3.63) is 78.6 Å². The van der Waals surface area contributed by atoms with Crippen LogP contribution in [-0.4, -0.2) is 4.98 Å². The predicted molar refractivity (Wildman–Crippen MR) is 87.7 cm³/mol. The highest BCUT2D eigenvalue weighted by Crippen LogP contribution is 2.35. The van der Waals surface area contributed by atoms with Gasteiger partial charge >= 0.3 is 0 Å². The maximum Gasteiger partial charge on any atom is 0.0652 e. The van der Waals surface area contributed by atoms with Crippen LogP contribution in [0, 0.1) is 0 Å². The third-order valence-electron chi connectivity index (χ3n) is 3.56. The van der Waals surface area contributed by atoms with Crippen LogP contribution in [0.1, 0.15) is 18.7 Å². The quantitative estimate of drug-likeness (QED) is 0.767. The summed E-state index contributed by atoms with van der Waals surface area (Å²) in [7, 11) is 0. The summed E-state index contributed by atoms with van der Waals surface area (Å²) in [5.74, 6) is 0. The number of nitrogens with two attached hydrogens (primary N) is 1. The van der Waals surface area contributed by atoms with E-state index in [-0.39, 0.29) is 6.04 Å². The largest absolute Gasteiger partial charge is 0.323 e. The normalized spacial score (nSPS) is 12.1. The molecule has 2 aromatic carbocycles. The molecule has 0 aliphatic heterocycles. The van der Waals surface area contributed by atoms with Crippen molar-refractivity contribution in [2.45, 2.75) is 13.0 Å². The van der Waals surface area contributed by atoms with Gasteiger partial charge in [-0.2, -0.15) is 0 Å². The summed E-state index contributed by atoms with van der Waals surface area (Å²) in [5.41, 5.74) is 11.7. The van der Waals surface area contributed by atoms with Crippen LogP contribution in [0.3, 0.4) is 0 Å². The molecule has 0 radical (unpaired) electrons. The Labute approximate surface area is 125 Å². The van der Waals surface area contributed by atoms with E-state index >= 15 is 0 Å². The van der Waals surface area contributed by atoms with Crippen LogP contribution < -0.4 is 5.73 Å². The first-order chi connectivity index (χ1) is 10.3. The van der Waals surface area contributed by atoms with Crippen molar-refractivity contribution in [3.63, 3.8) is 0 Å². The SMILES string of the molecule is CC(N)c1nccc(-c2ccccc2)c1-c1ccccc1. The van der Waals surface area contributed by atoms with Crippen molar-refractivity contribution in [2.24, 2.45) is 5.73 Å². The van der Waals surface area contributed by atoms with Gasteiger partial charge in [0.15, 0.2) is 0 Å². The molecule has 2 heteroatoms. The maximum absolute atomic E-state index is 6.14. The second kappa shape index (κ2) is 5.90. The Bertz CT molecular complexity index is 719. The summed E-state index contributed by atoms with van der Waals surface area (Å²) in [4.78, 5) is 4.52. The molecule has 104 valence electrons. The summed E-state index contributed by atoms with van der Waals surface area (Å²) in [5, 5.41) is 0. The van der Waals surface area contributed by atoms with Crippen LogP contribution in [-0.2, 0) is 0 Å². The Morgan fingerprint density at radius 2 is 1.38 bits per heavy atom. The minimum Gasteiger partial charge on any atom is -0.323 e. The van der Waals surface area contributed by atoms with Crippen LogP contribution in [0.5, 0.6) is 0 Å². The van der Waals surface area contributed by atoms with Gasteiger partial charge in [-0.15, -0.1) is 0 Å². The van der Waals surface area contributed by atoms with E-state index in [2.05, 4.69) is 47.4 Å². The van der Waals surface area contributed by atoms with Crippen LogP contribution >= 0.6 is 0 Å². The third kappa shape index (κ3) is 2.71. The lowest BCUT2D eigenvalue weighted by atomic mass is 9.92. The molecule has 1 aromatic heterocycles. The molecule has 0 amide bonds. The fourth-order valence-corrected chi connectivity index (χ4v) is 2.59. The first-order valence-corrected chi connectivity index (χ1v) is 7.12. The molecule has 3 rings (SSSR count). The van der Waals surface area contributed by atoms with Crippen molar-refractivity contribution in [1.29, 1.82) is 0 Å². The fourth-order valence-electron chi connectivity index (χ4n) is 2.59. The fraction of sp³-hybridized carbons (Fsp3) is 0.105. The van der Waals surface area contributed by atoms with Crippen molar-refractivity contribution >= 4 is 0 Å². The molecule has 2 nitrogen and oxygen atoms in total. The molecule has 0 fully saturated rings. The van der Waals surface area contributed by atoms with Gasteiger partial charge < -0.3 is 5.73 Å². The zero-order valence-corrected chi connectivity index (χ0v) is 12.0. The van der Waals surface area contributed by atoms with Gasteiger partial charge in [-0.3, -0.25) is 4.98 Å². The number of aromatic nitrogens is 1. The molecule has 3 aromatic rings. The molecular formula is C19H18N2. The van der Waals surface area contributed by atoms with Crippen molar-refractivity contribution in [3.8, 4) is 22.3 Å². The summed E-state index contributed by atoms with van der Waals surface area (Å²) in [6.07, 6.45) is 1.84. The summed E-state index contributed by atoms with van der Waals surface area (Å²) in [6.45, 7) is 1.98. The molecule has 2 N–H and O–H groups in total. The first kappa shape index (κ1) is 13.5. The average molecular weight is 274 g/mol. The molecule has 0 bridgehead atoms. The number of benzene rings is 2. The van der Waals surface area contributed by atoms with E-state index in [4.69, 9.17) is 5.73 Å². The van der Waals surface area contributed by atoms with Gasteiger partial charge in [-0.1, -0.05) is 60.7 Å². The Morgan fingerprint density at radius 3 is 1.95 bits per heavy atom. The lowest BCUT2D eigenvalue weighted by Crippen LogP contribution is -2.09. The first-order valence-electron chi connectivity index (χ1n) is 7.12. The molecule has 0 saturated heterocycles. The van der Waals surface area contributed by atoms with E-state index in [1.54, 1.807) is 0 Å². The monoisotopic (exact) mass is 274 g/mol. The van der Waals surface area contributed by atoms with Crippen LogP contribution in [0.2, 0.25) is 0 Å². The topological polar surface area (TPSA) is 38.9 Å². The van der Waals surface area contributed by atoms with E-state index in [0.717, 1.165) is 16.8 Å². The van der Waals surface area contributed by atoms with Gasteiger partial charge in [0.1, 0.15) is 0 Å². The van der Waals surface area contributed by atoms with Gasteiger partial charge in [0.05, 0.1) is 5.69 Å². The summed E-state index contributed by atoms with van der Waals surface area (Å²) in [6, 6.07) is 22.6.